The van der Waals surface area contributed by atoms with E-state index in [2.05, 4.69) is 10.1 Å². The smallest absolute Gasteiger partial charge is 0.306 e. The molecule has 6 nitrogen and oxygen atoms in total. The molecule has 0 aromatic rings. The first-order chi connectivity index (χ1) is 8.02. The van der Waals surface area contributed by atoms with Gasteiger partial charge in [-0.2, -0.15) is 0 Å². The van der Waals surface area contributed by atoms with Crippen LogP contribution in [0.15, 0.2) is 0 Å². The molecule has 0 aliphatic rings. The number of esters is 1. The molecule has 0 aromatic carbocycles. The molecular weight excluding hydrogens is 246 g/mol. The van der Waals surface area contributed by atoms with E-state index in [1.807, 2.05) is 0 Å². The second-order valence-electron chi connectivity index (χ2n) is 3.57. The van der Waals surface area contributed by atoms with Gasteiger partial charge in [-0.15, -0.1) is 0 Å². The predicted octanol–water partition coefficient (Wildman–Crippen LogP) is -0.410. The third-order valence-electron chi connectivity index (χ3n) is 2.14. The van der Waals surface area contributed by atoms with E-state index in [1.54, 1.807) is 7.11 Å². The minimum Gasteiger partial charge on any atom is -0.469 e. The Morgan fingerprint density at radius 3 is 2.47 bits per heavy atom. The molecule has 0 bridgehead atoms. The Kier molecular flexibility index (Phi) is 9.01. The molecule has 1 N–H and O–H groups in total. The Balaban J connectivity index is 3.61. The average molecular weight is 267 g/mol. The maximum absolute atomic E-state index is 11.5. The number of rotatable bonds is 10. The van der Waals surface area contributed by atoms with Gasteiger partial charge in [-0.3, -0.25) is 4.79 Å². The first kappa shape index (κ1) is 16.3. The Bertz CT molecular complexity index is 302. The highest BCUT2D eigenvalue weighted by Gasteiger charge is 2.13. The van der Waals surface area contributed by atoms with Crippen LogP contribution >= 0.6 is 0 Å². The summed E-state index contributed by atoms with van der Waals surface area (Å²) in [5.74, 6) is -0.548. The Morgan fingerprint density at radius 1 is 1.18 bits per heavy atom. The van der Waals surface area contributed by atoms with Gasteiger partial charge in [0.05, 0.1) is 31.6 Å². The van der Waals surface area contributed by atoms with Gasteiger partial charge >= 0.3 is 5.97 Å². The zero-order valence-electron chi connectivity index (χ0n) is 10.4. The number of hydrogen-bond acceptors (Lipinski definition) is 6. The quantitative estimate of drug-likeness (QED) is 0.428. The number of nitrogens with one attached hydrogen (secondary N) is 1. The molecule has 17 heavy (non-hydrogen) atoms. The summed E-state index contributed by atoms with van der Waals surface area (Å²) in [5.41, 5.74) is 0. The summed E-state index contributed by atoms with van der Waals surface area (Å²) < 4.78 is 32.2. The molecule has 0 saturated carbocycles. The van der Waals surface area contributed by atoms with E-state index in [4.69, 9.17) is 4.74 Å². The van der Waals surface area contributed by atoms with Crippen LogP contribution in [0.3, 0.4) is 0 Å². The molecule has 7 heteroatoms. The van der Waals surface area contributed by atoms with Crippen molar-refractivity contribution in [1.82, 2.24) is 5.32 Å². The Labute approximate surface area is 103 Å². The number of sulfone groups is 1. The lowest BCUT2D eigenvalue weighted by Gasteiger charge is -2.05. The van der Waals surface area contributed by atoms with Gasteiger partial charge in [0.2, 0.25) is 0 Å². The fourth-order valence-corrected chi connectivity index (χ4v) is 2.43. The summed E-state index contributed by atoms with van der Waals surface area (Å²) >= 11 is 0. The third kappa shape index (κ3) is 10.2. The molecule has 0 aromatic heterocycles. The van der Waals surface area contributed by atoms with E-state index in [-0.39, 0.29) is 17.9 Å². The fraction of sp³-hybridized carbons (Fsp3) is 0.900. The van der Waals surface area contributed by atoms with Gasteiger partial charge in [0.15, 0.2) is 9.84 Å². The fourth-order valence-electron chi connectivity index (χ4n) is 1.16. The molecule has 0 radical (unpaired) electrons. The molecule has 0 saturated heterocycles. The lowest BCUT2D eigenvalue weighted by molar-refractivity contribution is -0.140. The number of methoxy groups -OCH3 is 2. The Hall–Kier alpha value is -0.660. The highest BCUT2D eigenvalue weighted by Crippen LogP contribution is 1.97. The summed E-state index contributed by atoms with van der Waals surface area (Å²) in [6, 6.07) is 0. The minimum absolute atomic E-state index is 0.0735. The lowest BCUT2D eigenvalue weighted by atomic mass is 10.5. The highest BCUT2D eigenvalue weighted by atomic mass is 32.2. The van der Waals surface area contributed by atoms with Crippen LogP contribution in [0, 0.1) is 0 Å². The monoisotopic (exact) mass is 267 g/mol. The summed E-state index contributed by atoms with van der Waals surface area (Å²) in [6.45, 7) is 1.94. The molecule has 0 aliphatic heterocycles. The van der Waals surface area contributed by atoms with Crippen molar-refractivity contribution in [3.8, 4) is 0 Å². The molecular formula is C10H21NO5S. The maximum atomic E-state index is 11.5. The molecule has 102 valence electrons. The standard InChI is InChI=1S/C10H21NO5S/c1-15-7-6-11-5-3-8-17(13,14)9-4-10(12)16-2/h11H,3-9H2,1-2H3. The average Bonchev–Trinajstić information content (AvgIpc) is 2.30. The second-order valence-corrected chi connectivity index (χ2v) is 5.88. The SMILES string of the molecule is COCCNCCCS(=O)(=O)CCC(=O)OC. The molecule has 0 spiro atoms. The van der Waals surface area contributed by atoms with Gasteiger partial charge in [-0.1, -0.05) is 0 Å². The molecule has 0 amide bonds. The van der Waals surface area contributed by atoms with Crippen molar-refractivity contribution >= 4 is 15.8 Å². The minimum atomic E-state index is -3.15. The van der Waals surface area contributed by atoms with Crippen LogP contribution in [-0.2, 0) is 24.1 Å². The molecule has 0 atom stereocenters. The van der Waals surface area contributed by atoms with Crippen molar-refractivity contribution in [2.45, 2.75) is 12.8 Å². The van der Waals surface area contributed by atoms with Crippen LogP contribution < -0.4 is 5.32 Å². The van der Waals surface area contributed by atoms with Crippen LogP contribution in [0.5, 0.6) is 0 Å². The largest absolute Gasteiger partial charge is 0.469 e. The van der Waals surface area contributed by atoms with Crippen LogP contribution in [0.1, 0.15) is 12.8 Å². The zero-order chi connectivity index (χ0) is 13.1. The molecule has 0 heterocycles. The molecule has 0 aliphatic carbocycles. The number of ether oxygens (including phenoxy) is 2. The van der Waals surface area contributed by atoms with Crippen molar-refractivity contribution in [2.24, 2.45) is 0 Å². The summed E-state index contributed by atoms with van der Waals surface area (Å²) in [4.78, 5) is 10.8. The summed E-state index contributed by atoms with van der Waals surface area (Å²) in [5, 5.41) is 3.05. The van der Waals surface area contributed by atoms with Crippen molar-refractivity contribution in [1.29, 1.82) is 0 Å². The van der Waals surface area contributed by atoms with Crippen molar-refractivity contribution in [3.05, 3.63) is 0 Å². The van der Waals surface area contributed by atoms with Gasteiger partial charge in [0.1, 0.15) is 0 Å². The van der Waals surface area contributed by atoms with E-state index in [1.165, 1.54) is 7.11 Å². The Morgan fingerprint density at radius 2 is 1.88 bits per heavy atom. The van der Waals surface area contributed by atoms with E-state index >= 15 is 0 Å². The number of carbonyl (C=O) groups is 1. The normalized spacial score (nSPS) is 11.4. The summed E-state index contributed by atoms with van der Waals surface area (Å²) in [7, 11) is -0.297. The third-order valence-corrected chi connectivity index (χ3v) is 3.87. The maximum Gasteiger partial charge on any atom is 0.306 e. The zero-order valence-corrected chi connectivity index (χ0v) is 11.2. The molecule has 0 fully saturated rings. The van der Waals surface area contributed by atoms with Gasteiger partial charge in [0.25, 0.3) is 0 Å². The van der Waals surface area contributed by atoms with E-state index in [0.717, 1.165) is 0 Å². The number of carbonyl (C=O) groups excluding carboxylic acids is 1. The van der Waals surface area contributed by atoms with Gasteiger partial charge < -0.3 is 14.8 Å². The van der Waals surface area contributed by atoms with Crippen molar-refractivity contribution in [2.75, 3.05) is 45.4 Å². The first-order valence-corrected chi connectivity index (χ1v) is 7.31. The van der Waals surface area contributed by atoms with E-state index < -0.39 is 15.8 Å². The van der Waals surface area contributed by atoms with Gasteiger partial charge in [0, 0.05) is 13.7 Å². The topological polar surface area (TPSA) is 81.7 Å². The van der Waals surface area contributed by atoms with Crippen LogP contribution in [0.4, 0.5) is 0 Å². The lowest BCUT2D eigenvalue weighted by Crippen LogP contribution is -2.23. The van der Waals surface area contributed by atoms with Crippen molar-refractivity contribution in [3.63, 3.8) is 0 Å². The van der Waals surface area contributed by atoms with Crippen LogP contribution in [0.25, 0.3) is 0 Å². The van der Waals surface area contributed by atoms with Crippen molar-refractivity contribution < 1.29 is 22.7 Å². The number of hydrogen-bond donors (Lipinski definition) is 1. The first-order valence-electron chi connectivity index (χ1n) is 5.48. The van der Waals surface area contributed by atoms with Gasteiger partial charge in [-0.25, -0.2) is 8.42 Å². The van der Waals surface area contributed by atoms with Gasteiger partial charge in [-0.05, 0) is 13.0 Å². The molecule has 0 rings (SSSR count). The van der Waals surface area contributed by atoms with Crippen LogP contribution in [-0.4, -0.2) is 59.8 Å². The van der Waals surface area contributed by atoms with Crippen LogP contribution in [0.2, 0.25) is 0 Å². The summed E-state index contributed by atoms with van der Waals surface area (Å²) in [6.07, 6.45) is 0.461. The van der Waals surface area contributed by atoms with E-state index in [9.17, 15) is 13.2 Å². The predicted molar refractivity (Wildman–Crippen MR) is 64.6 cm³/mol. The highest BCUT2D eigenvalue weighted by molar-refractivity contribution is 7.91. The second kappa shape index (κ2) is 9.38. The van der Waals surface area contributed by atoms with E-state index in [0.29, 0.717) is 26.1 Å². The molecule has 0 unspecified atom stereocenters.